The van der Waals surface area contributed by atoms with Gasteiger partial charge in [-0.3, -0.25) is 115 Å². The van der Waals surface area contributed by atoms with E-state index in [1.807, 2.05) is 0 Å². The summed E-state index contributed by atoms with van der Waals surface area (Å²) >= 11 is 0. The summed E-state index contributed by atoms with van der Waals surface area (Å²) in [5, 5.41) is 12.2. The van der Waals surface area contributed by atoms with Crippen molar-refractivity contribution in [3.05, 3.63) is 144 Å². The first-order valence-electron chi connectivity index (χ1n) is 47.4. The minimum atomic E-state index is -1.94. The molecule has 4 aromatic rings. The van der Waals surface area contributed by atoms with Crippen molar-refractivity contribution >= 4 is 119 Å². The summed E-state index contributed by atoms with van der Waals surface area (Å²) < 4.78 is 87.9. The molecule has 810 valence electrons. The summed E-state index contributed by atoms with van der Waals surface area (Å²) in [5.74, 6) is -16.8. The van der Waals surface area contributed by atoms with Gasteiger partial charge in [-0.1, -0.05) is 121 Å². The zero-order valence-electron chi connectivity index (χ0n) is 85.4. The fraction of sp³-hybridized carbons (Fsp3) is 0.560. The molecule has 1 heterocycles. The van der Waals surface area contributed by atoms with E-state index < -0.39 is 265 Å². The number of carbonyl (C=O) groups is 20. The maximum absolute atomic E-state index is 14.9. The lowest BCUT2D eigenvalue weighted by atomic mass is 9.89. The van der Waals surface area contributed by atoms with Crippen LogP contribution in [0.25, 0.3) is 0 Å². The third kappa shape index (κ3) is 53.1. The van der Waals surface area contributed by atoms with E-state index in [9.17, 15) is 95.9 Å². The van der Waals surface area contributed by atoms with Gasteiger partial charge in [0.15, 0.2) is 0 Å². The van der Waals surface area contributed by atoms with Gasteiger partial charge >= 0.3 is 95.5 Å². The molecule has 0 saturated carbocycles. The summed E-state index contributed by atoms with van der Waals surface area (Å²) in [6, 6.07) is 35.2. The van der Waals surface area contributed by atoms with Crippen LogP contribution in [0.1, 0.15) is 144 Å². The van der Waals surface area contributed by atoms with Crippen LogP contribution in [0.2, 0.25) is 0 Å². The van der Waals surface area contributed by atoms with Crippen LogP contribution in [0, 0.1) is 0 Å². The highest BCUT2D eigenvalue weighted by Crippen LogP contribution is 2.30. The number of amides is 4. The van der Waals surface area contributed by atoms with E-state index in [1.165, 1.54) is 5.06 Å². The van der Waals surface area contributed by atoms with Gasteiger partial charge in [-0.15, -0.1) is 0 Å². The Morgan fingerprint density at radius 3 is 0.701 bits per heavy atom. The lowest BCUT2D eigenvalue weighted by Crippen LogP contribution is -2.62. The van der Waals surface area contributed by atoms with E-state index in [1.54, 1.807) is 146 Å². The Labute approximate surface area is 852 Å². The highest BCUT2D eigenvalue weighted by molar-refractivity contribution is 5.81. The maximum atomic E-state index is 14.9. The molecule has 4 aromatic carbocycles. The topological polar surface area (TPSA) is 566 Å². The molecule has 5 rings (SSSR count). The van der Waals surface area contributed by atoms with Crippen molar-refractivity contribution in [1.82, 2.24) is 50.8 Å². The van der Waals surface area contributed by atoms with Crippen LogP contribution in [0.3, 0.4) is 0 Å². The van der Waals surface area contributed by atoms with E-state index >= 15 is 0 Å². The Bertz CT molecular complexity index is 4320. The number of rotatable bonds is 68. The highest BCUT2D eigenvalue weighted by atomic mass is 16.7. The van der Waals surface area contributed by atoms with Gasteiger partial charge in [0.05, 0.1) is 32.8 Å². The number of nitrogens with one attached hydrogen (secondary N) is 4. The van der Waals surface area contributed by atoms with Crippen LogP contribution in [0.15, 0.2) is 121 Å². The van der Waals surface area contributed by atoms with Gasteiger partial charge in [0.1, 0.15) is 128 Å². The molecule has 0 radical (unpaired) electrons. The van der Waals surface area contributed by atoms with Crippen LogP contribution >= 0.6 is 0 Å². The molecular formula is C100H138N10O37. The van der Waals surface area contributed by atoms with Crippen molar-refractivity contribution in [3.8, 4) is 0 Å². The molecule has 47 heteroatoms. The smallest absolute Gasteiger partial charge is 0.320 e. The zero-order valence-corrected chi connectivity index (χ0v) is 85.4. The highest BCUT2D eigenvalue weighted by Gasteiger charge is 2.47. The van der Waals surface area contributed by atoms with Crippen molar-refractivity contribution in [2.75, 3.05) is 191 Å². The Morgan fingerprint density at radius 1 is 0.279 bits per heavy atom. The normalized spacial score (nSPS) is 12.7. The first-order valence-corrected chi connectivity index (χ1v) is 47.4. The predicted molar refractivity (Wildman–Crippen MR) is 513 cm³/mol. The van der Waals surface area contributed by atoms with Gasteiger partial charge in [-0.25, -0.2) is 0 Å². The average Bonchev–Trinajstić information content (AvgIpc) is 1.71. The monoisotopic (exact) mass is 2070 g/mol. The second-order valence-corrected chi connectivity index (χ2v) is 35.3. The Hall–Kier alpha value is -14.0. The SMILES string of the molecule is CC(=O)OCC(COC(C)=O)(COC(C)=O)NC(=O)CCN(CCC(=O)NC(COC(C)=O)(COC(C)=O)COC(C)=O)CCN(CCN(CCC(=O)NC(COC(C)=O)(COC(C)=O)COC(C)=O)CCC(=O)NC(COC(C)=O)(COC(C)=O)COC(C)=O)OCCCC1(N(CC(=O)OCc2ccccc2)CC(=O)OCc2ccccc2)CN(CC(=O)OCc2ccccc2)CCN(CC(=O)OCc2ccccc2)C1. The fourth-order valence-electron chi connectivity index (χ4n) is 14.6. The molecule has 47 nitrogen and oxygen atoms in total. The molecule has 0 bridgehead atoms. The number of nitrogens with zero attached hydrogens (tertiary/aromatic N) is 6. The molecule has 0 aliphatic carbocycles. The number of ether oxygens (including phenoxy) is 16. The molecule has 4 N–H and O–H groups in total. The molecule has 1 fully saturated rings. The van der Waals surface area contributed by atoms with Crippen LogP contribution in [0.5, 0.6) is 0 Å². The number of hydroxylamine groups is 2. The number of esters is 16. The molecule has 1 aliphatic rings. The van der Waals surface area contributed by atoms with Crippen LogP contribution < -0.4 is 21.3 Å². The molecular weight excluding hydrogens is 1930 g/mol. The van der Waals surface area contributed by atoms with Gasteiger partial charge in [0.25, 0.3) is 0 Å². The van der Waals surface area contributed by atoms with Crippen LogP contribution in [-0.4, -0.2) is 367 Å². The lowest BCUT2D eigenvalue weighted by molar-refractivity contribution is -0.168. The van der Waals surface area contributed by atoms with Crippen molar-refractivity contribution in [2.45, 2.75) is 176 Å². The van der Waals surface area contributed by atoms with Gasteiger partial charge in [-0.2, -0.15) is 5.06 Å². The lowest BCUT2D eigenvalue weighted by Gasteiger charge is -2.46. The summed E-state index contributed by atoms with van der Waals surface area (Å²) in [6.07, 6.45) is -2.39. The number of hydrogen-bond donors (Lipinski definition) is 4. The van der Waals surface area contributed by atoms with E-state index in [4.69, 9.17) is 80.6 Å². The third-order valence-electron chi connectivity index (χ3n) is 22.0. The molecule has 1 aliphatic heterocycles. The Morgan fingerprint density at radius 2 is 0.490 bits per heavy atom. The molecule has 0 spiro atoms. The standard InChI is InChI=1S/C100H138N10O37/c1-72(111)135-60-96(61-136-73(2)112,62-137-74(3)113)101-88(123)34-39-105(40-35-89(124)102-97(63-138-75(4)114,64-139-76(5)115)65-140-77(6)116)45-47-110(48-46-106(41-36-90(125)103-98(66-141-78(7)117,67-142-79(8)118)68-143-80(9)119)42-37-91(126)104-99(69-144-81(10)120,70-145-82(11)121)71-146-83(12)122)147-49-25-38-100(109(52-94(129)133-56-86-30-21-15-22-31-86)53-95(130)134-57-87-32-23-16-24-33-87)58-107(50-92(127)131-54-84-26-17-13-18-27-84)43-44-108(59-100)51-93(128)132-55-85-28-19-14-20-29-85/h13-24,26-33H,25,34-71H2,1-12H3,(H,101,123)(H,102,124)(H,103,125)(H,104,126). The molecule has 0 unspecified atom stereocenters. The van der Waals surface area contributed by atoms with Crippen LogP contribution in [0.4, 0.5) is 0 Å². The Balaban J connectivity index is 1.83. The summed E-state index contributed by atoms with van der Waals surface area (Å²) in [7, 11) is 0. The number of benzene rings is 4. The summed E-state index contributed by atoms with van der Waals surface area (Å²) in [4.78, 5) is 283. The van der Waals surface area contributed by atoms with E-state index in [-0.39, 0.29) is 138 Å². The van der Waals surface area contributed by atoms with Crippen molar-refractivity contribution < 1.29 is 177 Å². The maximum Gasteiger partial charge on any atom is 0.320 e. The predicted octanol–water partition coefficient (Wildman–Crippen LogP) is 1.97. The molecule has 1 saturated heterocycles. The van der Waals surface area contributed by atoms with Crippen molar-refractivity contribution in [2.24, 2.45) is 0 Å². The minimum absolute atomic E-state index is 0.0632. The number of hydrogen-bond acceptors (Lipinski definition) is 43. The van der Waals surface area contributed by atoms with Crippen molar-refractivity contribution in [3.63, 3.8) is 0 Å². The van der Waals surface area contributed by atoms with Gasteiger partial charge < -0.3 is 107 Å². The number of carbonyl (C=O) groups excluding carboxylic acids is 20. The fourth-order valence-corrected chi connectivity index (χ4v) is 14.6. The molecule has 4 amide bonds. The molecule has 0 aromatic heterocycles. The largest absolute Gasteiger partial charge is 0.463 e. The minimum Gasteiger partial charge on any atom is -0.463 e. The Kier molecular flexibility index (Phi) is 55.0. The summed E-state index contributed by atoms with van der Waals surface area (Å²) in [6.45, 7) is -1.80. The summed E-state index contributed by atoms with van der Waals surface area (Å²) in [5.41, 5.74) is -6.80. The van der Waals surface area contributed by atoms with Gasteiger partial charge in [-0.05, 0) is 35.1 Å². The van der Waals surface area contributed by atoms with Gasteiger partial charge in [0.2, 0.25) is 23.6 Å². The molecule has 0 atom stereocenters. The molecule has 147 heavy (non-hydrogen) atoms. The second kappa shape index (κ2) is 65.5. The van der Waals surface area contributed by atoms with E-state index in [2.05, 4.69) is 21.3 Å². The van der Waals surface area contributed by atoms with E-state index in [0.717, 1.165) is 83.1 Å². The first-order chi connectivity index (χ1) is 69.8. The first kappa shape index (κ1) is 123. The quantitative estimate of drug-likeness (QED) is 0.0212. The second-order valence-electron chi connectivity index (χ2n) is 35.3. The zero-order chi connectivity index (χ0) is 108. The van der Waals surface area contributed by atoms with Crippen LogP contribution in [-0.2, 0) is 203 Å². The van der Waals surface area contributed by atoms with Gasteiger partial charge in [0, 0.05) is 193 Å². The average molecular weight is 2070 g/mol. The van der Waals surface area contributed by atoms with E-state index in [0.29, 0.717) is 22.3 Å². The third-order valence-corrected chi connectivity index (χ3v) is 22.0. The van der Waals surface area contributed by atoms with Crippen molar-refractivity contribution in [1.29, 1.82) is 0 Å².